The Kier molecular flexibility index (Phi) is 10.1. The molecule has 10 nitrogen and oxygen atoms in total. The smallest absolute Gasteiger partial charge is 0.325 e. The summed E-state index contributed by atoms with van der Waals surface area (Å²) >= 11 is 3.98. The molecule has 0 radical (unpaired) electrons. The Morgan fingerprint density at radius 1 is 1.00 bits per heavy atom. The van der Waals surface area contributed by atoms with Crippen LogP contribution in [0, 0.1) is 5.92 Å². The predicted octanol–water partition coefficient (Wildman–Crippen LogP) is -2.55. The molecule has 0 spiro atoms. The molecule has 7 N–H and O–H groups in total. The van der Waals surface area contributed by atoms with E-state index in [1.807, 2.05) is 0 Å². The van der Waals surface area contributed by atoms with Gasteiger partial charge in [0.1, 0.15) is 24.2 Å². The topological polar surface area (TPSA) is 171 Å². The largest absolute Gasteiger partial charge is 0.480 e. The highest BCUT2D eigenvalue weighted by molar-refractivity contribution is 7.80. The zero-order chi connectivity index (χ0) is 19.7. The summed E-state index contributed by atoms with van der Waals surface area (Å²) in [5.41, 5.74) is 5.40. The Bertz CT molecular complexity index is 502. The van der Waals surface area contributed by atoms with Gasteiger partial charge in [-0.1, -0.05) is 13.8 Å². The third kappa shape index (κ3) is 7.71. The minimum Gasteiger partial charge on any atom is -0.480 e. The van der Waals surface area contributed by atoms with E-state index in [9.17, 15) is 19.2 Å². The van der Waals surface area contributed by atoms with Gasteiger partial charge in [0.05, 0.1) is 6.61 Å². The van der Waals surface area contributed by atoms with E-state index in [0.29, 0.717) is 0 Å². The summed E-state index contributed by atoms with van der Waals surface area (Å²) in [5.74, 6) is -3.68. The van der Waals surface area contributed by atoms with Crippen molar-refractivity contribution in [2.24, 2.45) is 11.7 Å². The van der Waals surface area contributed by atoms with E-state index in [4.69, 9.17) is 15.9 Å². The molecule has 0 bridgehead atoms. The quantitative estimate of drug-likeness (QED) is 0.205. The van der Waals surface area contributed by atoms with Crippen molar-refractivity contribution < 1.29 is 29.4 Å². The highest BCUT2D eigenvalue weighted by Gasteiger charge is 2.30. The summed E-state index contributed by atoms with van der Waals surface area (Å²) in [4.78, 5) is 46.9. The number of carbonyl (C=O) groups is 4. The van der Waals surface area contributed by atoms with Crippen molar-refractivity contribution in [1.82, 2.24) is 16.0 Å². The molecule has 144 valence electrons. The van der Waals surface area contributed by atoms with E-state index in [-0.39, 0.29) is 11.7 Å². The Morgan fingerprint density at radius 2 is 1.56 bits per heavy atom. The van der Waals surface area contributed by atoms with Gasteiger partial charge in [0.2, 0.25) is 17.7 Å². The number of thiol groups is 1. The molecule has 0 saturated carbocycles. The first-order valence-corrected chi connectivity index (χ1v) is 8.29. The summed E-state index contributed by atoms with van der Waals surface area (Å²) in [6.07, 6.45) is 0. The molecule has 25 heavy (non-hydrogen) atoms. The molecule has 0 aliphatic rings. The predicted molar refractivity (Wildman–Crippen MR) is 92.9 cm³/mol. The van der Waals surface area contributed by atoms with Crippen LogP contribution in [0.4, 0.5) is 0 Å². The van der Waals surface area contributed by atoms with Crippen LogP contribution in [-0.2, 0) is 19.2 Å². The van der Waals surface area contributed by atoms with E-state index >= 15 is 0 Å². The van der Waals surface area contributed by atoms with Crippen LogP contribution in [0.3, 0.4) is 0 Å². The summed E-state index contributed by atoms with van der Waals surface area (Å²) < 4.78 is 0. The normalized spacial score (nSPS) is 15.6. The Hall–Kier alpha value is -1.85. The van der Waals surface area contributed by atoms with Gasteiger partial charge in [0.25, 0.3) is 0 Å². The van der Waals surface area contributed by atoms with Crippen LogP contribution in [0.15, 0.2) is 0 Å². The second-order valence-electron chi connectivity index (χ2n) is 5.83. The maximum absolute atomic E-state index is 12.4. The zero-order valence-electron chi connectivity index (χ0n) is 14.4. The van der Waals surface area contributed by atoms with Crippen LogP contribution in [0.25, 0.3) is 0 Å². The van der Waals surface area contributed by atoms with Crippen LogP contribution in [-0.4, -0.2) is 70.4 Å². The lowest BCUT2D eigenvalue weighted by molar-refractivity contribution is -0.141. The molecule has 0 rings (SSSR count). The number of hydrogen-bond acceptors (Lipinski definition) is 7. The number of carboxylic acids is 1. The first-order chi connectivity index (χ1) is 11.5. The summed E-state index contributed by atoms with van der Waals surface area (Å²) in [7, 11) is 0. The zero-order valence-corrected chi connectivity index (χ0v) is 15.2. The number of rotatable bonds is 10. The number of carboxylic acid groups (broad SMARTS) is 1. The monoisotopic (exact) mass is 378 g/mol. The van der Waals surface area contributed by atoms with E-state index in [2.05, 4.69) is 28.6 Å². The van der Waals surface area contributed by atoms with Crippen LogP contribution in [0.1, 0.15) is 20.8 Å². The molecule has 4 atom stereocenters. The van der Waals surface area contributed by atoms with Crippen LogP contribution in [0.2, 0.25) is 0 Å². The first kappa shape index (κ1) is 23.1. The minimum atomic E-state index is -1.22. The third-order valence-electron chi connectivity index (χ3n) is 3.33. The number of hydrogen-bond donors (Lipinski definition) is 7. The molecule has 3 amide bonds. The molecule has 0 heterocycles. The number of aliphatic hydroxyl groups is 1. The maximum atomic E-state index is 12.4. The number of nitrogens with one attached hydrogen (secondary N) is 3. The number of nitrogens with two attached hydrogens (primary N) is 1. The van der Waals surface area contributed by atoms with Gasteiger partial charge >= 0.3 is 5.97 Å². The molecule has 11 heteroatoms. The van der Waals surface area contributed by atoms with Crippen molar-refractivity contribution in [2.45, 2.75) is 44.9 Å². The van der Waals surface area contributed by atoms with Crippen molar-refractivity contribution >= 4 is 36.3 Å². The van der Waals surface area contributed by atoms with Gasteiger partial charge in [-0.15, -0.1) is 0 Å². The van der Waals surface area contributed by atoms with Crippen LogP contribution < -0.4 is 21.7 Å². The van der Waals surface area contributed by atoms with Crippen molar-refractivity contribution in [3.63, 3.8) is 0 Å². The lowest BCUT2D eigenvalue weighted by Gasteiger charge is -2.25. The lowest BCUT2D eigenvalue weighted by atomic mass is 10.0. The summed E-state index contributed by atoms with van der Waals surface area (Å²) in [5, 5.41) is 24.7. The number of aliphatic carboxylic acids is 1. The molecular weight excluding hydrogens is 352 g/mol. The average molecular weight is 378 g/mol. The second kappa shape index (κ2) is 10.9. The fourth-order valence-corrected chi connectivity index (χ4v) is 1.97. The third-order valence-corrected chi connectivity index (χ3v) is 3.69. The minimum absolute atomic E-state index is 0.0706. The number of aliphatic hydroxyl groups excluding tert-OH is 1. The molecule has 0 aliphatic carbocycles. The van der Waals surface area contributed by atoms with Gasteiger partial charge in [-0.05, 0) is 12.8 Å². The molecule has 0 aromatic heterocycles. The van der Waals surface area contributed by atoms with Gasteiger partial charge in [0, 0.05) is 5.75 Å². The molecular formula is C14H26N4O6S. The van der Waals surface area contributed by atoms with Crippen molar-refractivity contribution in [2.75, 3.05) is 12.4 Å². The van der Waals surface area contributed by atoms with Gasteiger partial charge in [-0.3, -0.25) is 19.2 Å². The fraction of sp³-hybridized carbons (Fsp3) is 0.714. The second-order valence-corrected chi connectivity index (χ2v) is 6.20. The van der Waals surface area contributed by atoms with E-state index in [1.165, 1.54) is 6.92 Å². The van der Waals surface area contributed by atoms with Crippen molar-refractivity contribution in [1.29, 1.82) is 0 Å². The van der Waals surface area contributed by atoms with Gasteiger partial charge < -0.3 is 31.9 Å². The number of amides is 3. The Morgan fingerprint density at radius 3 is 1.96 bits per heavy atom. The Labute approximate surface area is 151 Å². The van der Waals surface area contributed by atoms with E-state index in [0.717, 1.165) is 0 Å². The van der Waals surface area contributed by atoms with Gasteiger partial charge in [-0.25, -0.2) is 0 Å². The average Bonchev–Trinajstić information content (AvgIpc) is 2.55. The van der Waals surface area contributed by atoms with Crippen LogP contribution in [0.5, 0.6) is 0 Å². The molecule has 0 aromatic rings. The number of carbonyl (C=O) groups excluding carboxylic acids is 3. The highest BCUT2D eigenvalue weighted by atomic mass is 32.1. The molecule has 0 saturated heterocycles. The Balaban J connectivity index is 4.98. The first-order valence-electron chi connectivity index (χ1n) is 7.66. The summed E-state index contributed by atoms with van der Waals surface area (Å²) in [6.45, 7) is 4.06. The molecule has 4 unspecified atom stereocenters. The van der Waals surface area contributed by atoms with Crippen LogP contribution >= 0.6 is 12.6 Å². The SMILES string of the molecule is CC(NC(=O)C(CS)NC(=O)C(NC(=O)C(N)CO)C(C)C)C(=O)O. The molecule has 0 fully saturated rings. The van der Waals surface area contributed by atoms with E-state index in [1.54, 1.807) is 13.8 Å². The maximum Gasteiger partial charge on any atom is 0.325 e. The fourth-order valence-electron chi connectivity index (χ4n) is 1.71. The van der Waals surface area contributed by atoms with E-state index < -0.39 is 54.5 Å². The molecule has 0 aromatic carbocycles. The molecule has 0 aliphatic heterocycles. The van der Waals surface area contributed by atoms with Crippen molar-refractivity contribution in [3.8, 4) is 0 Å². The summed E-state index contributed by atoms with van der Waals surface area (Å²) in [6, 6.07) is -4.37. The standard InChI is InChI=1S/C14H26N4O6S/c1-6(2)10(18-11(20)8(15)4-19)13(22)17-9(5-25)12(21)16-7(3)14(23)24/h6-10,19,25H,4-5,15H2,1-3H3,(H,16,21)(H,17,22)(H,18,20)(H,23,24). The highest BCUT2D eigenvalue weighted by Crippen LogP contribution is 2.04. The van der Waals surface area contributed by atoms with Crippen molar-refractivity contribution in [3.05, 3.63) is 0 Å². The lowest BCUT2D eigenvalue weighted by Crippen LogP contribution is -2.59. The van der Waals surface area contributed by atoms with Gasteiger partial charge in [-0.2, -0.15) is 12.6 Å². The van der Waals surface area contributed by atoms with Gasteiger partial charge in [0.15, 0.2) is 0 Å².